The Bertz CT molecular complexity index is 309. The van der Waals surface area contributed by atoms with Crippen molar-refractivity contribution in [2.24, 2.45) is 5.92 Å². The third kappa shape index (κ3) is 3.48. The molecule has 19 heavy (non-hydrogen) atoms. The van der Waals surface area contributed by atoms with E-state index < -0.39 is 0 Å². The van der Waals surface area contributed by atoms with Crippen LogP contribution in [0.5, 0.6) is 0 Å². The van der Waals surface area contributed by atoms with Gasteiger partial charge >= 0.3 is 0 Å². The molecule has 0 N–H and O–H groups in total. The van der Waals surface area contributed by atoms with E-state index in [4.69, 9.17) is 0 Å². The lowest BCUT2D eigenvalue weighted by atomic mass is 10.1. The summed E-state index contributed by atoms with van der Waals surface area (Å²) in [6.07, 6.45) is 1.04. The predicted octanol–water partition coefficient (Wildman–Crippen LogP) is 1.27. The van der Waals surface area contributed by atoms with Gasteiger partial charge in [-0.15, -0.1) is 0 Å². The van der Waals surface area contributed by atoms with E-state index in [0.717, 1.165) is 45.7 Å². The number of nitrogens with zero attached hydrogens (tertiary/aromatic N) is 3. The largest absolute Gasteiger partial charge is 0.340 e. The zero-order valence-electron chi connectivity index (χ0n) is 12.9. The molecule has 0 unspecified atom stereocenters. The van der Waals surface area contributed by atoms with Crippen LogP contribution in [0, 0.1) is 5.92 Å². The monoisotopic (exact) mass is 267 g/mol. The minimum Gasteiger partial charge on any atom is -0.340 e. The van der Waals surface area contributed by atoms with Crippen molar-refractivity contribution in [3.05, 3.63) is 0 Å². The molecule has 2 aliphatic rings. The van der Waals surface area contributed by atoms with E-state index >= 15 is 0 Å². The van der Waals surface area contributed by atoms with Gasteiger partial charge < -0.3 is 9.80 Å². The van der Waals surface area contributed by atoms with Gasteiger partial charge in [-0.3, -0.25) is 9.69 Å². The molecule has 1 atom stereocenters. The standard InChI is InChI=1S/C15H29N3O/c1-12(2)16-7-9-17(10-8-16)15(19)14-5-6-18(11-14)13(3)4/h12-14H,5-11H2,1-4H3/t14-/m0/s1. The molecule has 0 aromatic rings. The van der Waals surface area contributed by atoms with E-state index in [1.807, 2.05) is 0 Å². The van der Waals surface area contributed by atoms with Crippen molar-refractivity contribution in [1.29, 1.82) is 0 Å². The summed E-state index contributed by atoms with van der Waals surface area (Å²) in [5, 5.41) is 0. The van der Waals surface area contributed by atoms with Crippen molar-refractivity contribution in [3.8, 4) is 0 Å². The van der Waals surface area contributed by atoms with Gasteiger partial charge in [-0.05, 0) is 40.7 Å². The number of carbonyl (C=O) groups is 1. The summed E-state index contributed by atoms with van der Waals surface area (Å²) in [4.78, 5) is 19.5. The number of amides is 1. The van der Waals surface area contributed by atoms with Crippen molar-refractivity contribution < 1.29 is 4.79 Å². The summed E-state index contributed by atoms with van der Waals surface area (Å²) in [6.45, 7) is 14.8. The first-order chi connectivity index (χ1) is 8.99. The van der Waals surface area contributed by atoms with Crippen molar-refractivity contribution in [2.75, 3.05) is 39.3 Å². The fraction of sp³-hybridized carbons (Fsp3) is 0.933. The summed E-state index contributed by atoms with van der Waals surface area (Å²) in [7, 11) is 0. The lowest BCUT2D eigenvalue weighted by molar-refractivity contribution is -0.137. The molecule has 0 aromatic heterocycles. The highest BCUT2D eigenvalue weighted by atomic mass is 16.2. The summed E-state index contributed by atoms with van der Waals surface area (Å²) in [5.74, 6) is 0.638. The van der Waals surface area contributed by atoms with Gasteiger partial charge in [0.1, 0.15) is 0 Å². The number of carbonyl (C=O) groups excluding carboxylic acids is 1. The summed E-state index contributed by atoms with van der Waals surface area (Å²) >= 11 is 0. The summed E-state index contributed by atoms with van der Waals surface area (Å²) in [5.41, 5.74) is 0. The van der Waals surface area contributed by atoms with Crippen molar-refractivity contribution in [3.63, 3.8) is 0 Å². The van der Waals surface area contributed by atoms with E-state index in [1.165, 1.54) is 0 Å². The highest BCUT2D eigenvalue weighted by molar-refractivity contribution is 5.79. The smallest absolute Gasteiger partial charge is 0.227 e. The molecule has 2 rings (SSSR count). The van der Waals surface area contributed by atoms with Crippen LogP contribution in [0.25, 0.3) is 0 Å². The van der Waals surface area contributed by atoms with Crippen LogP contribution in [-0.4, -0.2) is 72.0 Å². The first-order valence-corrected chi connectivity index (χ1v) is 7.76. The molecule has 0 bridgehead atoms. The lowest BCUT2D eigenvalue weighted by Gasteiger charge is -2.38. The Kier molecular flexibility index (Phi) is 4.85. The fourth-order valence-corrected chi connectivity index (χ4v) is 3.17. The van der Waals surface area contributed by atoms with E-state index in [2.05, 4.69) is 42.4 Å². The maximum atomic E-state index is 12.5. The van der Waals surface area contributed by atoms with E-state index in [9.17, 15) is 4.79 Å². The van der Waals surface area contributed by atoms with Gasteiger partial charge in [0.2, 0.25) is 5.91 Å². The molecule has 1 amide bonds. The topological polar surface area (TPSA) is 26.8 Å². The molecule has 0 radical (unpaired) electrons. The van der Waals surface area contributed by atoms with Crippen LogP contribution >= 0.6 is 0 Å². The van der Waals surface area contributed by atoms with Crippen molar-refractivity contribution in [1.82, 2.24) is 14.7 Å². The fourth-order valence-electron chi connectivity index (χ4n) is 3.17. The molecular formula is C15H29N3O. The van der Waals surface area contributed by atoms with Gasteiger partial charge in [0, 0.05) is 44.8 Å². The summed E-state index contributed by atoms with van der Waals surface area (Å²) < 4.78 is 0. The van der Waals surface area contributed by atoms with Crippen LogP contribution in [-0.2, 0) is 4.79 Å². The van der Waals surface area contributed by atoms with Gasteiger partial charge in [0.15, 0.2) is 0 Å². The number of rotatable bonds is 3. The summed E-state index contributed by atoms with van der Waals surface area (Å²) in [6, 6.07) is 1.16. The zero-order chi connectivity index (χ0) is 14.0. The average Bonchev–Trinajstić information content (AvgIpc) is 2.87. The minimum atomic E-state index is 0.244. The predicted molar refractivity (Wildman–Crippen MR) is 78.1 cm³/mol. The van der Waals surface area contributed by atoms with Gasteiger partial charge in [-0.1, -0.05) is 0 Å². The van der Waals surface area contributed by atoms with Crippen molar-refractivity contribution >= 4 is 5.91 Å². The molecule has 2 heterocycles. The van der Waals surface area contributed by atoms with E-state index in [1.54, 1.807) is 0 Å². The molecule has 2 fully saturated rings. The van der Waals surface area contributed by atoms with Gasteiger partial charge in [-0.25, -0.2) is 0 Å². The highest BCUT2D eigenvalue weighted by Gasteiger charge is 2.33. The first kappa shape index (κ1) is 14.8. The van der Waals surface area contributed by atoms with Crippen LogP contribution in [0.4, 0.5) is 0 Å². The second-order valence-corrected chi connectivity index (χ2v) is 6.53. The Morgan fingerprint density at radius 2 is 1.47 bits per heavy atom. The second-order valence-electron chi connectivity index (χ2n) is 6.53. The molecular weight excluding hydrogens is 238 g/mol. The molecule has 4 heteroatoms. The Morgan fingerprint density at radius 1 is 0.895 bits per heavy atom. The Balaban J connectivity index is 1.82. The van der Waals surface area contributed by atoms with Gasteiger partial charge in [0.25, 0.3) is 0 Å². The quantitative estimate of drug-likeness (QED) is 0.770. The number of hydrogen-bond donors (Lipinski definition) is 0. The zero-order valence-corrected chi connectivity index (χ0v) is 12.9. The van der Waals surface area contributed by atoms with E-state index in [-0.39, 0.29) is 5.92 Å². The number of likely N-dealkylation sites (tertiary alicyclic amines) is 1. The Hall–Kier alpha value is -0.610. The van der Waals surface area contributed by atoms with Crippen molar-refractivity contribution in [2.45, 2.75) is 46.2 Å². The average molecular weight is 267 g/mol. The van der Waals surface area contributed by atoms with Crippen LogP contribution in [0.1, 0.15) is 34.1 Å². The molecule has 0 aromatic carbocycles. The SMILES string of the molecule is CC(C)N1CCN(C(=O)[C@H]2CCN(C(C)C)C2)CC1. The highest BCUT2D eigenvalue weighted by Crippen LogP contribution is 2.21. The van der Waals surface area contributed by atoms with Crippen LogP contribution in [0.2, 0.25) is 0 Å². The second kappa shape index (κ2) is 6.23. The van der Waals surface area contributed by atoms with Gasteiger partial charge in [-0.2, -0.15) is 0 Å². The lowest BCUT2D eigenvalue weighted by Crippen LogP contribution is -2.52. The van der Waals surface area contributed by atoms with Gasteiger partial charge in [0.05, 0.1) is 5.92 Å². The maximum absolute atomic E-state index is 12.5. The van der Waals surface area contributed by atoms with E-state index in [0.29, 0.717) is 18.0 Å². The molecule has 4 nitrogen and oxygen atoms in total. The number of piperazine rings is 1. The first-order valence-electron chi connectivity index (χ1n) is 7.76. The molecule has 0 aliphatic carbocycles. The van der Waals surface area contributed by atoms with Crippen LogP contribution in [0.15, 0.2) is 0 Å². The Labute approximate surface area is 117 Å². The third-order valence-corrected chi connectivity index (χ3v) is 4.66. The third-order valence-electron chi connectivity index (χ3n) is 4.66. The molecule has 0 spiro atoms. The van der Waals surface area contributed by atoms with Crippen LogP contribution < -0.4 is 0 Å². The molecule has 110 valence electrons. The Morgan fingerprint density at radius 3 is 1.95 bits per heavy atom. The number of hydrogen-bond acceptors (Lipinski definition) is 3. The minimum absolute atomic E-state index is 0.244. The normalized spacial score (nSPS) is 26.6. The molecule has 2 saturated heterocycles. The molecule has 0 saturated carbocycles. The van der Waals surface area contributed by atoms with Crippen LogP contribution in [0.3, 0.4) is 0 Å². The maximum Gasteiger partial charge on any atom is 0.227 e. The molecule has 2 aliphatic heterocycles.